The normalized spacial score (nSPS) is 19.8. The topological polar surface area (TPSA) is 131 Å². The minimum absolute atomic E-state index is 0.182. The molecular formula is C27H35N5O3. The van der Waals surface area contributed by atoms with Gasteiger partial charge in [0.25, 0.3) is 0 Å². The van der Waals surface area contributed by atoms with E-state index in [4.69, 9.17) is 11.5 Å². The summed E-state index contributed by atoms with van der Waals surface area (Å²) < 4.78 is 0. The Labute approximate surface area is 206 Å². The van der Waals surface area contributed by atoms with E-state index in [0.717, 1.165) is 30.5 Å². The molecule has 1 saturated heterocycles. The Morgan fingerprint density at radius 1 is 1.06 bits per heavy atom. The number of rotatable bonds is 9. The van der Waals surface area contributed by atoms with E-state index < -0.39 is 12.1 Å². The van der Waals surface area contributed by atoms with E-state index >= 15 is 0 Å². The molecule has 2 aliphatic rings. The van der Waals surface area contributed by atoms with Crippen LogP contribution in [0, 0.1) is 0 Å². The summed E-state index contributed by atoms with van der Waals surface area (Å²) in [5, 5.41) is 5.90. The zero-order valence-corrected chi connectivity index (χ0v) is 20.0. The van der Waals surface area contributed by atoms with E-state index in [1.807, 2.05) is 42.5 Å². The van der Waals surface area contributed by atoms with Crippen LogP contribution in [-0.4, -0.2) is 53.8 Å². The number of carbonyl (C=O) groups is 3. The van der Waals surface area contributed by atoms with Gasteiger partial charge in [0, 0.05) is 31.2 Å². The van der Waals surface area contributed by atoms with Gasteiger partial charge in [0.1, 0.15) is 6.04 Å². The molecule has 0 saturated carbocycles. The molecule has 1 aliphatic carbocycles. The molecule has 2 aromatic carbocycles. The maximum absolute atomic E-state index is 13.3. The average Bonchev–Trinajstić information content (AvgIpc) is 3.49. The van der Waals surface area contributed by atoms with Crippen LogP contribution in [0.5, 0.6) is 0 Å². The lowest BCUT2D eigenvalue weighted by Gasteiger charge is -2.26. The minimum Gasteiger partial charge on any atom is -0.351 e. The molecule has 0 radical (unpaired) electrons. The lowest BCUT2D eigenvalue weighted by Crippen LogP contribution is -2.50. The summed E-state index contributed by atoms with van der Waals surface area (Å²) in [5.41, 5.74) is 16.2. The number of anilines is 1. The summed E-state index contributed by atoms with van der Waals surface area (Å²) in [6, 6.07) is 14.1. The van der Waals surface area contributed by atoms with Crippen molar-refractivity contribution in [1.82, 2.24) is 10.2 Å². The van der Waals surface area contributed by atoms with Crippen molar-refractivity contribution in [3.8, 4) is 0 Å². The maximum Gasteiger partial charge on any atom is 0.247 e. The Balaban J connectivity index is 1.44. The third-order valence-electron chi connectivity index (χ3n) is 6.89. The number of nitrogens with two attached hydrogens (primary N) is 2. The number of hydrogen-bond acceptors (Lipinski definition) is 5. The smallest absolute Gasteiger partial charge is 0.247 e. The number of hydrogen-bond donors (Lipinski definition) is 4. The number of nitrogens with one attached hydrogen (secondary N) is 2. The van der Waals surface area contributed by atoms with Gasteiger partial charge in [-0.15, -0.1) is 0 Å². The highest BCUT2D eigenvalue weighted by molar-refractivity contribution is 5.98. The lowest BCUT2D eigenvalue weighted by molar-refractivity contribution is -0.137. The molecule has 186 valence electrons. The quantitative estimate of drug-likeness (QED) is 0.435. The first-order chi connectivity index (χ1) is 16.9. The zero-order valence-electron chi connectivity index (χ0n) is 20.0. The molecular weight excluding hydrogens is 442 g/mol. The van der Waals surface area contributed by atoms with Crippen LogP contribution in [0.2, 0.25) is 0 Å². The first-order valence-corrected chi connectivity index (χ1v) is 12.5. The Morgan fingerprint density at radius 3 is 2.60 bits per heavy atom. The number of likely N-dealkylation sites (tertiary alicyclic amines) is 1. The van der Waals surface area contributed by atoms with Crippen molar-refractivity contribution in [2.45, 2.75) is 63.1 Å². The largest absolute Gasteiger partial charge is 0.351 e. The second-order valence-electron chi connectivity index (χ2n) is 9.50. The predicted octanol–water partition coefficient (Wildman–Crippen LogP) is 1.51. The highest BCUT2D eigenvalue weighted by Gasteiger charge is 2.41. The second-order valence-corrected chi connectivity index (χ2v) is 9.50. The maximum atomic E-state index is 13.3. The van der Waals surface area contributed by atoms with Gasteiger partial charge >= 0.3 is 0 Å². The molecule has 1 aliphatic heterocycles. The van der Waals surface area contributed by atoms with Gasteiger partial charge in [-0.2, -0.15) is 0 Å². The third kappa shape index (κ3) is 6.26. The Kier molecular flexibility index (Phi) is 8.15. The van der Waals surface area contributed by atoms with Crippen LogP contribution >= 0.6 is 0 Å². The van der Waals surface area contributed by atoms with Crippen molar-refractivity contribution in [3.63, 3.8) is 0 Å². The van der Waals surface area contributed by atoms with Crippen molar-refractivity contribution in [2.24, 2.45) is 11.5 Å². The molecule has 3 atom stereocenters. The fourth-order valence-electron chi connectivity index (χ4n) is 5.04. The van der Waals surface area contributed by atoms with Gasteiger partial charge in [-0.25, -0.2) is 0 Å². The Morgan fingerprint density at radius 2 is 1.83 bits per heavy atom. The molecule has 1 heterocycles. The van der Waals surface area contributed by atoms with Gasteiger partial charge in [-0.3, -0.25) is 14.4 Å². The fourth-order valence-corrected chi connectivity index (χ4v) is 5.04. The number of benzene rings is 2. The fraction of sp³-hybridized carbons (Fsp3) is 0.444. The first-order valence-electron chi connectivity index (χ1n) is 12.5. The van der Waals surface area contributed by atoms with E-state index in [0.29, 0.717) is 19.3 Å². The number of nitrogens with zero attached hydrogens (tertiary/aromatic N) is 1. The van der Waals surface area contributed by atoms with Crippen molar-refractivity contribution in [1.29, 1.82) is 0 Å². The molecule has 6 N–H and O–H groups in total. The number of carbonyl (C=O) groups excluding carboxylic acids is 3. The van der Waals surface area contributed by atoms with Gasteiger partial charge in [-0.1, -0.05) is 36.4 Å². The molecule has 8 nitrogen and oxygen atoms in total. The van der Waals surface area contributed by atoms with Crippen molar-refractivity contribution in [2.75, 3.05) is 18.4 Å². The summed E-state index contributed by atoms with van der Waals surface area (Å²) in [7, 11) is 0. The van der Waals surface area contributed by atoms with Crippen molar-refractivity contribution < 1.29 is 14.4 Å². The highest BCUT2D eigenvalue weighted by atomic mass is 16.2. The Hall–Kier alpha value is -3.23. The number of amides is 3. The van der Waals surface area contributed by atoms with Crippen molar-refractivity contribution >= 4 is 23.4 Å². The first kappa shape index (κ1) is 24.9. The van der Waals surface area contributed by atoms with E-state index in [-0.39, 0.29) is 43.3 Å². The average molecular weight is 478 g/mol. The predicted molar refractivity (Wildman–Crippen MR) is 136 cm³/mol. The number of fused-ring (bicyclic) bond motifs is 1. The summed E-state index contributed by atoms with van der Waals surface area (Å²) >= 11 is 0. The van der Waals surface area contributed by atoms with E-state index in [1.54, 1.807) is 0 Å². The van der Waals surface area contributed by atoms with Crippen LogP contribution in [0.3, 0.4) is 0 Å². The van der Waals surface area contributed by atoms with Crippen LogP contribution in [0.15, 0.2) is 48.5 Å². The minimum atomic E-state index is -0.732. The molecule has 1 fully saturated rings. The van der Waals surface area contributed by atoms with Crippen LogP contribution in [-0.2, 0) is 33.6 Å². The summed E-state index contributed by atoms with van der Waals surface area (Å²) in [5.74, 6) is -0.717. The van der Waals surface area contributed by atoms with Crippen LogP contribution in [0.4, 0.5) is 5.69 Å². The molecule has 3 amide bonds. The van der Waals surface area contributed by atoms with E-state index in [9.17, 15) is 14.4 Å². The van der Waals surface area contributed by atoms with Crippen LogP contribution in [0.1, 0.15) is 42.4 Å². The Bertz CT molecular complexity index is 1060. The molecule has 0 spiro atoms. The molecule has 35 heavy (non-hydrogen) atoms. The second kappa shape index (κ2) is 11.5. The monoisotopic (exact) mass is 477 g/mol. The van der Waals surface area contributed by atoms with Gasteiger partial charge < -0.3 is 27.0 Å². The molecule has 8 heteroatoms. The summed E-state index contributed by atoms with van der Waals surface area (Å²) in [6.45, 7) is 0.490. The van der Waals surface area contributed by atoms with Gasteiger partial charge in [0.15, 0.2) is 0 Å². The van der Waals surface area contributed by atoms with Gasteiger partial charge in [0.2, 0.25) is 17.7 Å². The number of aryl methyl sites for hydroxylation is 3. The third-order valence-corrected chi connectivity index (χ3v) is 6.89. The highest BCUT2D eigenvalue weighted by Crippen LogP contribution is 2.26. The van der Waals surface area contributed by atoms with Gasteiger partial charge in [-0.05, 0) is 67.3 Å². The zero-order chi connectivity index (χ0) is 24.8. The van der Waals surface area contributed by atoms with Crippen molar-refractivity contribution in [3.05, 3.63) is 65.2 Å². The lowest BCUT2D eigenvalue weighted by atomic mass is 10.0. The molecule has 2 aromatic rings. The van der Waals surface area contributed by atoms with Crippen LogP contribution in [0.25, 0.3) is 0 Å². The van der Waals surface area contributed by atoms with E-state index in [2.05, 4.69) is 16.7 Å². The van der Waals surface area contributed by atoms with Gasteiger partial charge in [0.05, 0.1) is 6.04 Å². The summed E-state index contributed by atoms with van der Waals surface area (Å²) in [4.78, 5) is 40.3. The molecule has 0 unspecified atom stereocenters. The SMILES string of the molecule is NCCC(=O)N[C@@H]1C[C@@H](C(=O)Nc2ccc3c(c2)CCC3)N(C(=O)[C@@H](N)CCc2ccccc2)C1. The van der Waals surface area contributed by atoms with Crippen LogP contribution < -0.4 is 22.1 Å². The molecule has 0 aromatic heterocycles. The molecule has 0 bridgehead atoms. The standard InChI is InChI=1S/C27H35N5O3/c28-14-13-25(33)30-22-16-24(26(34)31-21-11-10-19-7-4-8-20(19)15-21)32(17-22)27(35)23(29)12-9-18-5-2-1-3-6-18/h1-3,5-6,10-11,15,22-24H,4,7-9,12-14,16-17,28-29H2,(H,30,33)(H,31,34)/t22-,23+,24+/m1/s1. The van der Waals surface area contributed by atoms with E-state index in [1.165, 1.54) is 16.0 Å². The summed E-state index contributed by atoms with van der Waals surface area (Å²) in [6.07, 6.45) is 4.89. The molecule has 4 rings (SSSR count).